The van der Waals surface area contributed by atoms with Crippen molar-refractivity contribution in [3.63, 3.8) is 0 Å². The summed E-state index contributed by atoms with van der Waals surface area (Å²) in [6, 6.07) is 1.60. The van der Waals surface area contributed by atoms with Gasteiger partial charge in [0.2, 0.25) is 0 Å². The Labute approximate surface area is 92.6 Å². The summed E-state index contributed by atoms with van der Waals surface area (Å²) >= 11 is 4.65. The number of hydrogen-bond donors (Lipinski definition) is 2. The van der Waals surface area contributed by atoms with Crippen molar-refractivity contribution in [1.82, 2.24) is 15.0 Å². The Kier molecular flexibility index (Phi) is 2.92. The number of nitrogens with zero attached hydrogens (tertiary/aromatic N) is 2. The van der Waals surface area contributed by atoms with E-state index in [-0.39, 0.29) is 6.04 Å². The molecule has 2 heterocycles. The van der Waals surface area contributed by atoms with Gasteiger partial charge >= 0.3 is 0 Å². The first kappa shape index (κ1) is 9.78. The van der Waals surface area contributed by atoms with Crippen molar-refractivity contribution < 1.29 is 4.42 Å². The van der Waals surface area contributed by atoms with Crippen LogP contribution in [0.15, 0.2) is 27.4 Å². The summed E-state index contributed by atoms with van der Waals surface area (Å²) in [6.07, 6.45) is 3.25. The Morgan fingerprint density at radius 2 is 2.50 bits per heavy atom. The van der Waals surface area contributed by atoms with Crippen molar-refractivity contribution in [3.05, 3.63) is 33.6 Å². The van der Waals surface area contributed by atoms with E-state index in [1.54, 1.807) is 12.5 Å². The standard InChI is InChI=1S/C7H7BrN4OS/c8-4-1-2-13-7(4)6(11-9)5-3-10-12-14-5/h1-3,6,11H,9H2. The van der Waals surface area contributed by atoms with Crippen LogP contribution in [0.2, 0.25) is 0 Å². The summed E-state index contributed by atoms with van der Waals surface area (Å²) in [5, 5.41) is 3.75. The first-order valence-corrected chi connectivity index (χ1v) is 5.36. The fourth-order valence-electron chi connectivity index (χ4n) is 1.10. The molecule has 0 bridgehead atoms. The molecule has 0 aliphatic carbocycles. The third-order valence-corrected chi connectivity index (χ3v) is 3.12. The lowest BCUT2D eigenvalue weighted by atomic mass is 10.2. The van der Waals surface area contributed by atoms with Crippen LogP contribution in [0, 0.1) is 0 Å². The Morgan fingerprint density at radius 1 is 1.64 bits per heavy atom. The molecule has 1 unspecified atom stereocenters. The monoisotopic (exact) mass is 274 g/mol. The average molecular weight is 275 g/mol. The summed E-state index contributed by atoms with van der Waals surface area (Å²) in [6.45, 7) is 0. The zero-order valence-electron chi connectivity index (χ0n) is 6.98. The summed E-state index contributed by atoms with van der Waals surface area (Å²) in [4.78, 5) is 0.906. The van der Waals surface area contributed by atoms with Crippen LogP contribution in [-0.4, -0.2) is 9.59 Å². The van der Waals surface area contributed by atoms with Gasteiger partial charge in [0.15, 0.2) is 0 Å². The molecule has 2 rings (SSSR count). The van der Waals surface area contributed by atoms with Crippen molar-refractivity contribution in [2.75, 3.05) is 0 Å². The van der Waals surface area contributed by atoms with Gasteiger partial charge in [-0.2, -0.15) is 0 Å². The fraction of sp³-hybridized carbons (Fsp3) is 0.143. The maximum absolute atomic E-state index is 5.44. The number of nitrogens with one attached hydrogen (secondary N) is 1. The predicted molar refractivity (Wildman–Crippen MR) is 55.5 cm³/mol. The lowest BCUT2D eigenvalue weighted by molar-refractivity contribution is 0.452. The van der Waals surface area contributed by atoms with Crippen LogP contribution < -0.4 is 11.3 Å². The molecular weight excluding hydrogens is 268 g/mol. The third kappa shape index (κ3) is 1.71. The highest BCUT2D eigenvalue weighted by Gasteiger charge is 2.20. The maximum atomic E-state index is 5.44. The topological polar surface area (TPSA) is 77.0 Å². The number of rotatable bonds is 3. The number of furan rings is 1. The van der Waals surface area contributed by atoms with Crippen molar-refractivity contribution in [2.24, 2.45) is 5.84 Å². The molecule has 7 heteroatoms. The second kappa shape index (κ2) is 4.18. The molecule has 2 aromatic heterocycles. The largest absolute Gasteiger partial charge is 0.466 e. The van der Waals surface area contributed by atoms with Gasteiger partial charge in [-0.3, -0.25) is 5.84 Å². The predicted octanol–water partition coefficient (Wildman–Crippen LogP) is 1.45. The number of halogens is 1. The summed E-state index contributed by atoms with van der Waals surface area (Å²) in [5.41, 5.74) is 2.65. The SMILES string of the molecule is NNC(c1cnns1)c1occc1Br. The Morgan fingerprint density at radius 3 is 3.00 bits per heavy atom. The summed E-state index contributed by atoms with van der Waals surface area (Å²) in [7, 11) is 0. The van der Waals surface area contributed by atoms with Crippen LogP contribution in [0.4, 0.5) is 0 Å². The van der Waals surface area contributed by atoms with E-state index in [1.807, 2.05) is 6.07 Å². The number of aromatic nitrogens is 2. The van der Waals surface area contributed by atoms with Gasteiger partial charge in [-0.15, -0.1) is 5.10 Å². The van der Waals surface area contributed by atoms with E-state index < -0.39 is 0 Å². The average Bonchev–Trinajstić information content (AvgIpc) is 2.80. The van der Waals surface area contributed by atoms with Crippen LogP contribution >= 0.6 is 27.5 Å². The van der Waals surface area contributed by atoms with Crippen LogP contribution in [0.5, 0.6) is 0 Å². The fourth-order valence-corrected chi connectivity index (χ4v) is 2.09. The molecule has 0 aromatic carbocycles. The number of hydrazine groups is 1. The molecule has 0 aliphatic rings. The van der Waals surface area contributed by atoms with E-state index >= 15 is 0 Å². The normalized spacial score (nSPS) is 13.0. The van der Waals surface area contributed by atoms with Gasteiger partial charge < -0.3 is 4.42 Å². The second-order valence-corrected chi connectivity index (χ2v) is 4.22. The Hall–Kier alpha value is -0.760. The van der Waals surface area contributed by atoms with Crippen molar-refractivity contribution in [2.45, 2.75) is 6.04 Å². The van der Waals surface area contributed by atoms with Gasteiger partial charge in [-0.05, 0) is 33.5 Å². The molecular formula is C7H7BrN4OS. The summed E-state index contributed by atoms with van der Waals surface area (Å²) in [5.74, 6) is 6.17. The zero-order valence-corrected chi connectivity index (χ0v) is 9.38. The highest BCUT2D eigenvalue weighted by atomic mass is 79.9. The molecule has 1 atom stereocenters. The molecule has 0 saturated heterocycles. The van der Waals surface area contributed by atoms with Gasteiger partial charge in [-0.1, -0.05) is 4.49 Å². The molecule has 2 aromatic rings. The minimum Gasteiger partial charge on any atom is -0.466 e. The van der Waals surface area contributed by atoms with E-state index in [4.69, 9.17) is 10.3 Å². The maximum Gasteiger partial charge on any atom is 0.141 e. The number of nitrogens with two attached hydrogens (primary N) is 1. The minimum absolute atomic E-state index is 0.209. The lowest BCUT2D eigenvalue weighted by Crippen LogP contribution is -2.28. The van der Waals surface area contributed by atoms with Gasteiger partial charge in [0.25, 0.3) is 0 Å². The highest BCUT2D eigenvalue weighted by Crippen LogP contribution is 2.29. The van der Waals surface area contributed by atoms with Gasteiger partial charge in [0.05, 0.1) is 21.8 Å². The second-order valence-electron chi connectivity index (χ2n) is 2.55. The molecule has 5 nitrogen and oxygen atoms in total. The minimum atomic E-state index is -0.209. The molecule has 3 N–H and O–H groups in total. The van der Waals surface area contributed by atoms with E-state index in [0.29, 0.717) is 0 Å². The first-order valence-electron chi connectivity index (χ1n) is 3.79. The molecule has 0 spiro atoms. The third-order valence-electron chi connectivity index (χ3n) is 1.74. The molecule has 0 amide bonds. The molecule has 14 heavy (non-hydrogen) atoms. The first-order chi connectivity index (χ1) is 6.83. The van der Waals surface area contributed by atoms with Gasteiger partial charge in [0, 0.05) is 0 Å². The molecule has 0 saturated carbocycles. The van der Waals surface area contributed by atoms with Gasteiger partial charge in [0.1, 0.15) is 11.8 Å². The Balaban J connectivity index is 2.36. The zero-order chi connectivity index (χ0) is 9.97. The van der Waals surface area contributed by atoms with Crippen LogP contribution in [-0.2, 0) is 0 Å². The molecule has 0 radical (unpaired) electrons. The quantitative estimate of drug-likeness (QED) is 0.654. The van der Waals surface area contributed by atoms with E-state index in [9.17, 15) is 0 Å². The van der Waals surface area contributed by atoms with E-state index in [2.05, 4.69) is 30.9 Å². The van der Waals surface area contributed by atoms with Crippen LogP contribution in [0.25, 0.3) is 0 Å². The van der Waals surface area contributed by atoms with Crippen LogP contribution in [0.3, 0.4) is 0 Å². The molecule has 74 valence electrons. The Bertz CT molecular complexity index is 401. The van der Waals surface area contributed by atoms with Crippen molar-refractivity contribution in [3.8, 4) is 0 Å². The summed E-state index contributed by atoms with van der Waals surface area (Å²) < 4.78 is 9.94. The van der Waals surface area contributed by atoms with Crippen molar-refractivity contribution in [1.29, 1.82) is 0 Å². The molecule has 0 aliphatic heterocycles. The van der Waals surface area contributed by atoms with Gasteiger partial charge in [-0.25, -0.2) is 5.43 Å². The highest BCUT2D eigenvalue weighted by molar-refractivity contribution is 9.10. The lowest BCUT2D eigenvalue weighted by Gasteiger charge is -2.10. The van der Waals surface area contributed by atoms with E-state index in [0.717, 1.165) is 15.1 Å². The molecule has 0 fully saturated rings. The van der Waals surface area contributed by atoms with E-state index in [1.165, 1.54) is 11.5 Å². The smallest absolute Gasteiger partial charge is 0.141 e. The van der Waals surface area contributed by atoms with Crippen molar-refractivity contribution >= 4 is 27.5 Å². The number of hydrogen-bond acceptors (Lipinski definition) is 6. The van der Waals surface area contributed by atoms with Crippen LogP contribution in [0.1, 0.15) is 16.7 Å².